The van der Waals surface area contributed by atoms with E-state index in [9.17, 15) is 13.2 Å². The van der Waals surface area contributed by atoms with Crippen LogP contribution in [0.5, 0.6) is 0 Å². The lowest BCUT2D eigenvalue weighted by Gasteiger charge is -2.31. The van der Waals surface area contributed by atoms with Crippen LogP contribution in [0, 0.1) is 5.92 Å². The van der Waals surface area contributed by atoms with Crippen molar-refractivity contribution >= 4 is 23.2 Å². The molecule has 1 aromatic rings. The normalized spacial score (nSPS) is 23.9. The van der Waals surface area contributed by atoms with Crippen LogP contribution in [0.2, 0.25) is 10.0 Å². The molecule has 112 valence electrons. The molecule has 0 bridgehead atoms. The standard InChI is InChI=1S/C14H16Cl2F3N/c15-12-5-4-9(6-13(12)16)8-20-11-3-1-2-10(7-11)14(17,18)19/h4-6,10-11,20H,1-3,7-8H2. The molecule has 2 atom stereocenters. The number of halogens is 5. The second-order valence-corrected chi connectivity index (χ2v) is 6.05. The van der Waals surface area contributed by atoms with Gasteiger partial charge in [-0.25, -0.2) is 0 Å². The Balaban J connectivity index is 1.88. The largest absolute Gasteiger partial charge is 0.391 e. The lowest BCUT2D eigenvalue weighted by molar-refractivity contribution is -0.183. The molecule has 1 fully saturated rings. The molecule has 1 aliphatic carbocycles. The van der Waals surface area contributed by atoms with Crippen molar-refractivity contribution in [3.63, 3.8) is 0 Å². The second kappa shape index (κ2) is 6.54. The third kappa shape index (κ3) is 4.27. The van der Waals surface area contributed by atoms with E-state index in [1.807, 2.05) is 6.07 Å². The predicted octanol–water partition coefficient (Wildman–Crippen LogP) is 5.20. The summed E-state index contributed by atoms with van der Waals surface area (Å²) in [6.07, 6.45) is -2.28. The highest BCUT2D eigenvalue weighted by Crippen LogP contribution is 2.37. The first-order valence-corrected chi connectivity index (χ1v) is 7.36. The van der Waals surface area contributed by atoms with Gasteiger partial charge in [-0.1, -0.05) is 35.7 Å². The van der Waals surface area contributed by atoms with Crippen molar-refractivity contribution in [1.82, 2.24) is 5.32 Å². The SMILES string of the molecule is FC(F)(F)C1CCCC(NCc2ccc(Cl)c(Cl)c2)C1. The van der Waals surface area contributed by atoms with Gasteiger partial charge in [-0.2, -0.15) is 13.2 Å². The third-order valence-electron chi connectivity index (χ3n) is 3.72. The van der Waals surface area contributed by atoms with E-state index in [0.717, 1.165) is 12.0 Å². The van der Waals surface area contributed by atoms with Crippen molar-refractivity contribution in [2.24, 2.45) is 5.92 Å². The first-order chi connectivity index (χ1) is 9.36. The summed E-state index contributed by atoms with van der Waals surface area (Å²) in [4.78, 5) is 0. The number of benzene rings is 1. The molecule has 0 aliphatic heterocycles. The van der Waals surface area contributed by atoms with E-state index in [2.05, 4.69) is 5.32 Å². The molecule has 2 rings (SSSR count). The maximum absolute atomic E-state index is 12.7. The van der Waals surface area contributed by atoms with Gasteiger partial charge < -0.3 is 5.32 Å². The van der Waals surface area contributed by atoms with Gasteiger partial charge in [-0.05, 0) is 37.0 Å². The Bertz CT molecular complexity index is 462. The predicted molar refractivity (Wildman–Crippen MR) is 75.1 cm³/mol. The zero-order valence-corrected chi connectivity index (χ0v) is 12.3. The van der Waals surface area contributed by atoms with Crippen molar-refractivity contribution in [2.45, 2.75) is 44.4 Å². The van der Waals surface area contributed by atoms with Crippen molar-refractivity contribution in [1.29, 1.82) is 0 Å². The number of hydrogen-bond acceptors (Lipinski definition) is 1. The van der Waals surface area contributed by atoms with E-state index in [-0.39, 0.29) is 18.9 Å². The fourth-order valence-corrected chi connectivity index (χ4v) is 2.90. The zero-order chi connectivity index (χ0) is 14.8. The summed E-state index contributed by atoms with van der Waals surface area (Å²) in [7, 11) is 0. The van der Waals surface area contributed by atoms with E-state index < -0.39 is 12.1 Å². The number of hydrogen-bond donors (Lipinski definition) is 1. The molecule has 0 saturated heterocycles. The van der Waals surface area contributed by atoms with Crippen molar-refractivity contribution in [3.05, 3.63) is 33.8 Å². The first-order valence-electron chi connectivity index (χ1n) is 6.60. The fraction of sp³-hybridized carbons (Fsp3) is 0.571. The summed E-state index contributed by atoms with van der Waals surface area (Å²) in [5, 5.41) is 4.12. The maximum Gasteiger partial charge on any atom is 0.391 e. The number of rotatable bonds is 3. The van der Waals surface area contributed by atoms with Crippen LogP contribution >= 0.6 is 23.2 Å². The van der Waals surface area contributed by atoms with Gasteiger partial charge in [0.25, 0.3) is 0 Å². The third-order valence-corrected chi connectivity index (χ3v) is 4.46. The minimum absolute atomic E-state index is 0.0928. The Kier molecular flexibility index (Phi) is 5.21. The first kappa shape index (κ1) is 15.9. The molecule has 0 aromatic heterocycles. The monoisotopic (exact) mass is 325 g/mol. The van der Waals surface area contributed by atoms with Crippen LogP contribution < -0.4 is 5.32 Å². The molecule has 0 spiro atoms. The molecule has 1 nitrogen and oxygen atoms in total. The van der Waals surface area contributed by atoms with Crippen LogP contribution in [0.1, 0.15) is 31.2 Å². The smallest absolute Gasteiger partial charge is 0.310 e. The van der Waals surface area contributed by atoms with Gasteiger partial charge in [0.05, 0.1) is 16.0 Å². The highest BCUT2D eigenvalue weighted by atomic mass is 35.5. The maximum atomic E-state index is 12.7. The molecule has 1 N–H and O–H groups in total. The van der Waals surface area contributed by atoms with E-state index in [1.165, 1.54) is 0 Å². The number of alkyl halides is 3. The molecule has 1 saturated carbocycles. The average Bonchev–Trinajstić information content (AvgIpc) is 2.39. The van der Waals surface area contributed by atoms with E-state index in [1.54, 1.807) is 12.1 Å². The molecule has 1 aromatic carbocycles. The van der Waals surface area contributed by atoms with E-state index in [4.69, 9.17) is 23.2 Å². The summed E-state index contributed by atoms with van der Waals surface area (Å²) in [5.41, 5.74) is 0.925. The minimum atomic E-state index is -4.08. The average molecular weight is 326 g/mol. The van der Waals surface area contributed by atoms with Gasteiger partial charge >= 0.3 is 6.18 Å². The van der Waals surface area contributed by atoms with E-state index in [0.29, 0.717) is 23.0 Å². The highest BCUT2D eigenvalue weighted by Gasteiger charge is 2.41. The van der Waals surface area contributed by atoms with Crippen LogP contribution in [-0.2, 0) is 6.54 Å². The molecule has 0 radical (unpaired) electrons. The van der Waals surface area contributed by atoms with Crippen LogP contribution in [0.3, 0.4) is 0 Å². The molecular formula is C14H16Cl2F3N. The molecule has 6 heteroatoms. The molecule has 0 heterocycles. The summed E-state index contributed by atoms with van der Waals surface area (Å²) < 4.78 is 38.1. The van der Waals surface area contributed by atoms with Crippen molar-refractivity contribution in [2.75, 3.05) is 0 Å². The van der Waals surface area contributed by atoms with E-state index >= 15 is 0 Å². The van der Waals surface area contributed by atoms with Crippen LogP contribution in [0.25, 0.3) is 0 Å². The summed E-state index contributed by atoms with van der Waals surface area (Å²) >= 11 is 11.7. The Morgan fingerprint density at radius 2 is 1.90 bits per heavy atom. The molecule has 1 aliphatic rings. The molecule has 0 amide bonds. The molecule has 2 unspecified atom stereocenters. The lowest BCUT2D eigenvalue weighted by Crippen LogP contribution is -2.38. The van der Waals surface area contributed by atoms with Crippen LogP contribution in [0.15, 0.2) is 18.2 Å². The Hall–Kier alpha value is -0.450. The topological polar surface area (TPSA) is 12.0 Å². The Morgan fingerprint density at radius 3 is 2.55 bits per heavy atom. The Morgan fingerprint density at radius 1 is 1.15 bits per heavy atom. The Labute approximate surface area is 126 Å². The highest BCUT2D eigenvalue weighted by molar-refractivity contribution is 6.42. The van der Waals surface area contributed by atoms with Crippen LogP contribution in [0.4, 0.5) is 13.2 Å². The minimum Gasteiger partial charge on any atom is -0.310 e. The van der Waals surface area contributed by atoms with Crippen molar-refractivity contribution < 1.29 is 13.2 Å². The lowest BCUT2D eigenvalue weighted by atomic mass is 9.85. The molecule has 20 heavy (non-hydrogen) atoms. The molecular weight excluding hydrogens is 310 g/mol. The second-order valence-electron chi connectivity index (χ2n) is 5.23. The summed E-state index contributed by atoms with van der Waals surface area (Å²) in [5.74, 6) is -1.18. The van der Waals surface area contributed by atoms with Gasteiger partial charge in [-0.15, -0.1) is 0 Å². The van der Waals surface area contributed by atoms with Gasteiger partial charge in [0.2, 0.25) is 0 Å². The quantitative estimate of drug-likeness (QED) is 0.804. The van der Waals surface area contributed by atoms with Gasteiger partial charge in [0.1, 0.15) is 0 Å². The number of nitrogens with one attached hydrogen (secondary N) is 1. The zero-order valence-electron chi connectivity index (χ0n) is 10.8. The summed E-state index contributed by atoms with van der Waals surface area (Å²) in [6, 6.07) is 5.16. The van der Waals surface area contributed by atoms with Crippen LogP contribution in [-0.4, -0.2) is 12.2 Å². The van der Waals surface area contributed by atoms with Gasteiger partial charge in [0, 0.05) is 12.6 Å². The van der Waals surface area contributed by atoms with Gasteiger partial charge in [0.15, 0.2) is 0 Å². The fourth-order valence-electron chi connectivity index (χ4n) is 2.58. The summed E-state index contributed by atoms with van der Waals surface area (Å²) in [6.45, 7) is 0.506. The van der Waals surface area contributed by atoms with Crippen molar-refractivity contribution in [3.8, 4) is 0 Å². The van der Waals surface area contributed by atoms with Gasteiger partial charge in [-0.3, -0.25) is 0 Å².